The second-order valence-corrected chi connectivity index (χ2v) is 18.7. The fourth-order valence-electron chi connectivity index (χ4n) is 11.9. The highest BCUT2D eigenvalue weighted by atomic mass is 14.4. The molecule has 0 fully saturated rings. The van der Waals surface area contributed by atoms with Crippen molar-refractivity contribution < 1.29 is 0 Å². The van der Waals surface area contributed by atoms with Gasteiger partial charge in [0.15, 0.2) is 0 Å². The third kappa shape index (κ3) is 4.73. The van der Waals surface area contributed by atoms with E-state index < -0.39 is 0 Å². The van der Waals surface area contributed by atoms with Gasteiger partial charge in [0.1, 0.15) is 0 Å². The fraction of sp³-hybridized carbons (Fsp3) is 0.0968. The molecule has 0 bridgehead atoms. The van der Waals surface area contributed by atoms with Crippen molar-refractivity contribution in [1.82, 2.24) is 0 Å². The summed E-state index contributed by atoms with van der Waals surface area (Å²) in [7, 11) is 0. The van der Waals surface area contributed by atoms with Gasteiger partial charge in [-0.3, -0.25) is 0 Å². The van der Waals surface area contributed by atoms with E-state index in [1.165, 1.54) is 132 Å². The normalized spacial score (nSPS) is 14.4. The number of fused-ring (bicyclic) bond motifs is 8. The Bertz CT molecular complexity index is 3420. The Morgan fingerprint density at radius 1 is 0.226 bits per heavy atom. The zero-order valence-electron chi connectivity index (χ0n) is 35.5. The minimum absolute atomic E-state index is 0.0561. The molecule has 11 aromatic carbocycles. The second kappa shape index (κ2) is 12.6. The standard InChI is InChI=1S/C62H44/c1-61(2)55-25-11-9-19-45(55)47-29-27-37(35-57(47)61)39-15-5-7-17-41(39)43-31-33-53-52-24-14-22-50-44(32-34-54(60(50)52)51-23-13-21-49(43)59(51)53)42-18-8-6-16-40(42)38-28-30-48-46-20-10-12-26-56(46)62(3,4)58(48)36-38/h5-36H,1-4H3. The molecule has 0 N–H and O–H groups in total. The van der Waals surface area contributed by atoms with Crippen LogP contribution in [0.5, 0.6) is 0 Å². The molecule has 292 valence electrons. The molecule has 0 unspecified atom stereocenters. The van der Waals surface area contributed by atoms with Crippen LogP contribution in [0, 0.1) is 0 Å². The molecule has 0 atom stereocenters. The predicted molar refractivity (Wildman–Crippen MR) is 265 cm³/mol. The van der Waals surface area contributed by atoms with Crippen molar-refractivity contribution in [2.45, 2.75) is 38.5 Å². The molecule has 11 aromatic rings. The van der Waals surface area contributed by atoms with Gasteiger partial charge in [-0.2, -0.15) is 0 Å². The maximum absolute atomic E-state index is 2.45. The first-order chi connectivity index (χ1) is 30.3. The van der Waals surface area contributed by atoms with Crippen LogP contribution >= 0.6 is 0 Å². The molecule has 2 aliphatic carbocycles. The number of hydrogen-bond acceptors (Lipinski definition) is 0. The minimum Gasteiger partial charge on any atom is -0.0619 e. The molecular formula is C62H44. The Morgan fingerprint density at radius 3 is 0.984 bits per heavy atom. The smallest absolute Gasteiger partial charge is 0.0159 e. The quantitative estimate of drug-likeness (QED) is 0.123. The second-order valence-electron chi connectivity index (χ2n) is 18.7. The van der Waals surface area contributed by atoms with Crippen LogP contribution < -0.4 is 0 Å². The molecule has 0 heterocycles. The Morgan fingerprint density at radius 2 is 0.548 bits per heavy atom. The largest absolute Gasteiger partial charge is 0.0619 e. The molecule has 0 amide bonds. The molecule has 0 saturated carbocycles. The maximum Gasteiger partial charge on any atom is 0.0159 e. The van der Waals surface area contributed by atoms with Crippen molar-refractivity contribution in [2.24, 2.45) is 0 Å². The van der Waals surface area contributed by atoms with Crippen LogP contribution in [-0.2, 0) is 10.8 Å². The van der Waals surface area contributed by atoms with E-state index in [1.54, 1.807) is 0 Å². The molecule has 0 nitrogen and oxygen atoms in total. The lowest BCUT2D eigenvalue weighted by Gasteiger charge is -2.23. The molecule has 0 radical (unpaired) electrons. The van der Waals surface area contributed by atoms with Gasteiger partial charge < -0.3 is 0 Å². The summed E-state index contributed by atoms with van der Waals surface area (Å²) in [6.07, 6.45) is 0. The molecule has 0 aromatic heterocycles. The van der Waals surface area contributed by atoms with Crippen molar-refractivity contribution in [1.29, 1.82) is 0 Å². The highest BCUT2D eigenvalue weighted by Gasteiger charge is 2.36. The van der Waals surface area contributed by atoms with E-state index >= 15 is 0 Å². The zero-order valence-corrected chi connectivity index (χ0v) is 35.5. The SMILES string of the molecule is CC1(C)c2ccccc2-c2ccc(-c3ccccc3-c3ccc4c5cccc6c(-c7ccccc7-c7ccc8c(c7)C(C)(C)c7ccccc7-8)ccc(c7cccc3c74)c65)cc21. The van der Waals surface area contributed by atoms with Gasteiger partial charge in [0.25, 0.3) is 0 Å². The highest BCUT2D eigenvalue weighted by molar-refractivity contribution is 6.35. The van der Waals surface area contributed by atoms with E-state index in [0.29, 0.717) is 0 Å². The first-order valence-corrected chi connectivity index (χ1v) is 22.1. The van der Waals surface area contributed by atoms with Gasteiger partial charge in [-0.15, -0.1) is 0 Å². The summed E-state index contributed by atoms with van der Waals surface area (Å²) in [5, 5.41) is 10.5. The van der Waals surface area contributed by atoms with Crippen molar-refractivity contribution in [3.05, 3.63) is 216 Å². The average molecular weight is 789 g/mol. The van der Waals surface area contributed by atoms with Crippen molar-refractivity contribution in [2.75, 3.05) is 0 Å². The van der Waals surface area contributed by atoms with Crippen LogP contribution in [0.2, 0.25) is 0 Å². The Labute approximate surface area is 363 Å². The average Bonchev–Trinajstić information content (AvgIpc) is 3.69. The van der Waals surface area contributed by atoms with E-state index in [9.17, 15) is 0 Å². The number of hydrogen-bond donors (Lipinski definition) is 0. The molecule has 0 spiro atoms. The molecular weight excluding hydrogens is 745 g/mol. The van der Waals surface area contributed by atoms with Crippen LogP contribution in [0.1, 0.15) is 49.9 Å². The first-order valence-electron chi connectivity index (χ1n) is 22.1. The molecule has 13 rings (SSSR count). The van der Waals surface area contributed by atoms with E-state index in [-0.39, 0.29) is 10.8 Å². The van der Waals surface area contributed by atoms with Crippen molar-refractivity contribution in [3.63, 3.8) is 0 Å². The summed E-state index contributed by atoms with van der Waals surface area (Å²) in [5.74, 6) is 0. The summed E-state index contributed by atoms with van der Waals surface area (Å²) in [5.41, 5.74) is 21.0. The lowest BCUT2D eigenvalue weighted by atomic mass is 9.80. The fourth-order valence-corrected chi connectivity index (χ4v) is 11.9. The molecule has 0 heteroatoms. The molecule has 0 aliphatic heterocycles. The lowest BCUT2D eigenvalue weighted by molar-refractivity contribution is 0.660. The van der Waals surface area contributed by atoms with Gasteiger partial charge in [0.2, 0.25) is 0 Å². The van der Waals surface area contributed by atoms with Gasteiger partial charge in [-0.05, 0) is 144 Å². The van der Waals surface area contributed by atoms with Crippen LogP contribution in [0.15, 0.2) is 194 Å². The topological polar surface area (TPSA) is 0 Å². The molecule has 2 aliphatic rings. The number of rotatable bonds is 4. The summed E-state index contributed by atoms with van der Waals surface area (Å²) < 4.78 is 0. The monoisotopic (exact) mass is 788 g/mol. The number of benzene rings is 11. The molecule has 0 saturated heterocycles. The third-order valence-corrected chi connectivity index (χ3v) is 14.9. The minimum atomic E-state index is -0.0561. The van der Waals surface area contributed by atoms with Crippen molar-refractivity contribution in [3.8, 4) is 66.8 Å². The highest BCUT2D eigenvalue weighted by Crippen LogP contribution is 2.53. The Kier molecular flexibility index (Phi) is 7.23. The van der Waals surface area contributed by atoms with E-state index in [0.717, 1.165) is 0 Å². The van der Waals surface area contributed by atoms with Crippen LogP contribution in [0.3, 0.4) is 0 Å². The van der Waals surface area contributed by atoms with E-state index in [1.807, 2.05) is 0 Å². The summed E-state index contributed by atoms with van der Waals surface area (Å²) in [4.78, 5) is 0. The van der Waals surface area contributed by atoms with Crippen LogP contribution in [0.4, 0.5) is 0 Å². The van der Waals surface area contributed by atoms with Crippen LogP contribution in [-0.4, -0.2) is 0 Å². The van der Waals surface area contributed by atoms with Gasteiger partial charge in [0.05, 0.1) is 0 Å². The Hall–Kier alpha value is -7.28. The zero-order chi connectivity index (χ0) is 41.5. The third-order valence-electron chi connectivity index (χ3n) is 14.9. The van der Waals surface area contributed by atoms with Gasteiger partial charge in [0, 0.05) is 10.8 Å². The van der Waals surface area contributed by atoms with Gasteiger partial charge >= 0.3 is 0 Å². The summed E-state index contributed by atoms with van der Waals surface area (Å²) in [6, 6.07) is 73.5. The molecule has 62 heavy (non-hydrogen) atoms. The predicted octanol–water partition coefficient (Wildman–Crippen LogP) is 17.0. The lowest BCUT2D eigenvalue weighted by Crippen LogP contribution is -2.14. The van der Waals surface area contributed by atoms with Gasteiger partial charge in [-0.1, -0.05) is 210 Å². The van der Waals surface area contributed by atoms with E-state index in [2.05, 4.69) is 222 Å². The summed E-state index contributed by atoms with van der Waals surface area (Å²) in [6.45, 7) is 9.47. The first kappa shape index (κ1) is 35.5. The van der Waals surface area contributed by atoms with Crippen LogP contribution in [0.25, 0.3) is 110 Å². The summed E-state index contributed by atoms with van der Waals surface area (Å²) >= 11 is 0. The van der Waals surface area contributed by atoms with Gasteiger partial charge in [-0.25, -0.2) is 0 Å². The van der Waals surface area contributed by atoms with Crippen molar-refractivity contribution >= 4 is 43.1 Å². The Balaban J connectivity index is 0.969. The maximum atomic E-state index is 2.45. The van der Waals surface area contributed by atoms with E-state index in [4.69, 9.17) is 0 Å².